The molecule has 2 aliphatic rings. The van der Waals surface area contributed by atoms with Crippen LogP contribution >= 0.6 is 11.6 Å². The summed E-state index contributed by atoms with van der Waals surface area (Å²) in [7, 11) is 0. The van der Waals surface area contributed by atoms with E-state index in [4.69, 9.17) is 11.6 Å². The highest BCUT2D eigenvalue weighted by Gasteiger charge is 2.56. The van der Waals surface area contributed by atoms with Crippen molar-refractivity contribution < 1.29 is 13.1 Å². The first-order valence-corrected chi connectivity index (χ1v) is 10.5. The lowest BCUT2D eigenvalue weighted by molar-refractivity contribution is -0.363. The molecule has 2 aliphatic heterocycles. The highest BCUT2D eigenvalue weighted by molar-refractivity contribution is 6.58. The molecule has 0 saturated carbocycles. The minimum absolute atomic E-state index is 0.464. The molecule has 0 aliphatic carbocycles. The standard InChI is InChI=1S/C22H25BClF2N3/c1-7-16-12(3)21-20(18-9-10-27-11-19(18)24)22-13(4)17(8-2)15(6)29(22)23(25,26)28(21)14(16)5/h9-11H,7-8H2,1-6H3. The number of rotatable bonds is 3. The molecule has 2 aromatic heterocycles. The van der Waals surface area contributed by atoms with Gasteiger partial charge in [0.1, 0.15) is 5.71 Å². The van der Waals surface area contributed by atoms with E-state index in [1.807, 2.05) is 33.8 Å². The van der Waals surface area contributed by atoms with E-state index in [2.05, 4.69) is 4.98 Å². The van der Waals surface area contributed by atoms with Crippen LogP contribution in [0.3, 0.4) is 0 Å². The first-order chi connectivity index (χ1) is 13.7. The maximum atomic E-state index is 16.1. The van der Waals surface area contributed by atoms with Crippen molar-refractivity contribution in [2.75, 3.05) is 0 Å². The second-order valence-electron chi connectivity index (χ2n) is 7.84. The summed E-state index contributed by atoms with van der Waals surface area (Å²) < 4.78 is 34.7. The third-order valence-electron chi connectivity index (χ3n) is 6.54. The summed E-state index contributed by atoms with van der Waals surface area (Å²) in [4.78, 5) is 4.10. The van der Waals surface area contributed by atoms with E-state index >= 15 is 8.63 Å². The lowest BCUT2D eigenvalue weighted by Crippen LogP contribution is -2.51. The summed E-state index contributed by atoms with van der Waals surface area (Å²) in [6.45, 7) is 7.50. The molecule has 2 aromatic rings. The minimum atomic E-state index is -4.01. The van der Waals surface area contributed by atoms with Gasteiger partial charge in [0.25, 0.3) is 0 Å². The van der Waals surface area contributed by atoms with Crippen LogP contribution in [0.4, 0.5) is 8.63 Å². The molecule has 29 heavy (non-hydrogen) atoms. The summed E-state index contributed by atoms with van der Waals surface area (Å²) in [5, 5.41) is 0.464. The van der Waals surface area contributed by atoms with Gasteiger partial charge in [-0.1, -0.05) is 25.4 Å². The predicted octanol–water partition coefficient (Wildman–Crippen LogP) is 5.92. The number of pyridine rings is 1. The van der Waals surface area contributed by atoms with E-state index in [-0.39, 0.29) is 0 Å². The Morgan fingerprint density at radius 3 is 2.41 bits per heavy atom. The number of halogens is 3. The summed E-state index contributed by atoms with van der Waals surface area (Å²) in [6, 6.07) is 1.82. The van der Waals surface area contributed by atoms with E-state index in [9.17, 15) is 0 Å². The number of nitrogens with zero attached hydrogens (tertiary/aromatic N) is 3. The van der Waals surface area contributed by atoms with Crippen molar-refractivity contribution in [3.63, 3.8) is 0 Å². The third-order valence-corrected chi connectivity index (χ3v) is 6.84. The molecule has 0 spiro atoms. The molecule has 0 bridgehead atoms. The molecule has 0 radical (unpaired) electrons. The van der Waals surface area contributed by atoms with Crippen LogP contribution in [0, 0.1) is 13.8 Å². The average Bonchev–Trinajstić information content (AvgIpc) is 3.08. The van der Waals surface area contributed by atoms with Gasteiger partial charge in [-0.15, -0.1) is 0 Å². The quantitative estimate of drug-likeness (QED) is 0.570. The van der Waals surface area contributed by atoms with Crippen LogP contribution in [0.1, 0.15) is 62.2 Å². The smallest absolute Gasteiger partial charge is 0.393 e. The van der Waals surface area contributed by atoms with Crippen LogP contribution in [0.25, 0.3) is 5.57 Å². The van der Waals surface area contributed by atoms with Crippen LogP contribution in [-0.4, -0.2) is 26.6 Å². The van der Waals surface area contributed by atoms with Gasteiger partial charge in [-0.05, 0) is 56.5 Å². The van der Waals surface area contributed by atoms with Crippen molar-refractivity contribution in [1.82, 2.24) is 9.46 Å². The number of allylic oxidation sites excluding steroid dienone is 2. The van der Waals surface area contributed by atoms with E-state index in [1.165, 1.54) is 8.96 Å². The largest absolute Gasteiger partial charge is 0.737 e. The van der Waals surface area contributed by atoms with E-state index in [1.54, 1.807) is 26.2 Å². The molecule has 0 unspecified atom stereocenters. The van der Waals surface area contributed by atoms with Gasteiger partial charge in [-0.25, -0.2) is 0 Å². The fraction of sp³-hybridized carbons (Fsp3) is 0.364. The van der Waals surface area contributed by atoms with Gasteiger partial charge in [0.05, 0.1) is 10.6 Å². The van der Waals surface area contributed by atoms with Gasteiger partial charge >= 0.3 is 6.97 Å². The Labute approximate surface area is 175 Å². The summed E-state index contributed by atoms with van der Waals surface area (Å²) in [5.41, 5.74) is 7.66. The van der Waals surface area contributed by atoms with Gasteiger partial charge < -0.3 is 17.6 Å². The number of aromatic nitrogens is 2. The predicted molar refractivity (Wildman–Crippen MR) is 116 cm³/mol. The van der Waals surface area contributed by atoms with Crippen molar-refractivity contribution >= 4 is 29.9 Å². The lowest BCUT2D eigenvalue weighted by Gasteiger charge is -2.34. The van der Waals surface area contributed by atoms with Crippen molar-refractivity contribution in [2.24, 2.45) is 0 Å². The van der Waals surface area contributed by atoms with Crippen molar-refractivity contribution in [2.45, 2.75) is 54.4 Å². The first-order valence-electron chi connectivity index (χ1n) is 10.1. The zero-order valence-electron chi connectivity index (χ0n) is 17.7. The highest BCUT2D eigenvalue weighted by atomic mass is 35.5. The Bertz CT molecular complexity index is 1160. The normalized spacial score (nSPS) is 18.0. The highest BCUT2D eigenvalue weighted by Crippen LogP contribution is 2.47. The topological polar surface area (TPSA) is 20.8 Å². The number of hydrogen-bond donors (Lipinski definition) is 0. The minimum Gasteiger partial charge on any atom is -0.393 e. The Morgan fingerprint density at radius 2 is 1.83 bits per heavy atom. The van der Waals surface area contributed by atoms with Gasteiger partial charge in [0, 0.05) is 41.7 Å². The van der Waals surface area contributed by atoms with Crippen molar-refractivity contribution in [3.8, 4) is 0 Å². The molecule has 4 rings (SSSR count). The monoisotopic (exact) mass is 415 g/mol. The van der Waals surface area contributed by atoms with Gasteiger partial charge in [-0.2, -0.15) is 0 Å². The van der Waals surface area contributed by atoms with Crippen molar-refractivity contribution in [3.05, 3.63) is 68.4 Å². The molecule has 0 amide bonds. The molecule has 0 aromatic carbocycles. The molecule has 3 nitrogen and oxygen atoms in total. The van der Waals surface area contributed by atoms with Crippen LogP contribution in [0.2, 0.25) is 5.02 Å². The second-order valence-corrected chi connectivity index (χ2v) is 8.25. The molecule has 0 saturated heterocycles. The summed E-state index contributed by atoms with van der Waals surface area (Å²) in [6.07, 6.45) is 4.65. The molecular weight excluding hydrogens is 391 g/mol. The molecule has 0 N–H and O–H groups in total. The fourth-order valence-electron chi connectivity index (χ4n) is 5.31. The number of fused-ring (bicyclic) bond motifs is 2. The van der Waals surface area contributed by atoms with Gasteiger partial charge in [0.2, 0.25) is 0 Å². The van der Waals surface area contributed by atoms with Crippen molar-refractivity contribution in [1.29, 1.82) is 0 Å². The number of hydrogen-bond acceptors (Lipinski definition) is 1. The third kappa shape index (κ3) is 2.48. The molecule has 0 atom stereocenters. The van der Waals surface area contributed by atoms with Crippen LogP contribution < -0.4 is 0 Å². The Kier molecular flexibility index (Phi) is 4.61. The second kappa shape index (κ2) is 6.66. The van der Waals surface area contributed by atoms with Crippen LogP contribution in [0.5, 0.6) is 0 Å². The Morgan fingerprint density at radius 1 is 1.14 bits per heavy atom. The molecule has 152 valence electrons. The fourth-order valence-corrected chi connectivity index (χ4v) is 5.53. The van der Waals surface area contributed by atoms with E-state index in [0.717, 1.165) is 33.4 Å². The Balaban J connectivity index is 2.26. The first kappa shape index (κ1) is 20.1. The zero-order chi connectivity index (χ0) is 21.2. The van der Waals surface area contributed by atoms with Crippen LogP contribution in [-0.2, 0) is 6.42 Å². The average molecular weight is 416 g/mol. The van der Waals surface area contributed by atoms with Crippen LogP contribution in [0.15, 0.2) is 35.3 Å². The summed E-state index contributed by atoms with van der Waals surface area (Å²) >= 11 is 6.54. The zero-order valence-corrected chi connectivity index (χ0v) is 18.5. The van der Waals surface area contributed by atoms with Gasteiger partial charge in [-0.3, -0.25) is 4.98 Å². The molecule has 4 heterocycles. The Hall–Kier alpha value is -2.21. The molecular formula is C22H25BClF2N3. The van der Waals surface area contributed by atoms with E-state index < -0.39 is 6.97 Å². The lowest BCUT2D eigenvalue weighted by atomic mass is 9.84. The molecule has 7 heteroatoms. The maximum Gasteiger partial charge on any atom is 0.737 e. The van der Waals surface area contributed by atoms with E-state index in [0.29, 0.717) is 40.7 Å². The summed E-state index contributed by atoms with van der Waals surface area (Å²) in [5.74, 6) is 0. The maximum absolute atomic E-state index is 16.1. The van der Waals surface area contributed by atoms with Gasteiger partial charge in [0.15, 0.2) is 5.70 Å². The SMILES string of the molecule is CCC1=C(C)C2=C(c3ccncc3Cl)c3c(C)c(CC)c(C)n3[B-](F)(F)[N+]2=C1C. The molecule has 0 fully saturated rings.